The molecule has 0 aromatic rings. The van der Waals surface area contributed by atoms with Crippen molar-refractivity contribution in [3.63, 3.8) is 0 Å². The zero-order chi connectivity index (χ0) is 11.3. The SMILES string of the molecule is C#CCN(CCC)C(=O)C1CC(O)CN1. The number of β-amino-alcohol motifs (C(OH)–C–C–N with tert-alkyl or cyclic N) is 1. The van der Waals surface area contributed by atoms with Gasteiger partial charge in [0.15, 0.2) is 0 Å². The van der Waals surface area contributed by atoms with Crippen LogP contribution in [0.25, 0.3) is 0 Å². The number of hydrogen-bond acceptors (Lipinski definition) is 3. The van der Waals surface area contributed by atoms with E-state index >= 15 is 0 Å². The third kappa shape index (κ3) is 3.22. The molecule has 1 aliphatic heterocycles. The minimum atomic E-state index is -0.409. The number of aliphatic hydroxyl groups excluding tert-OH is 1. The second kappa shape index (κ2) is 5.74. The lowest BCUT2D eigenvalue weighted by atomic mass is 10.1. The Kier molecular flexibility index (Phi) is 4.60. The van der Waals surface area contributed by atoms with Crippen LogP contribution in [0.3, 0.4) is 0 Å². The Morgan fingerprint density at radius 1 is 1.73 bits per heavy atom. The number of amides is 1. The van der Waals surface area contributed by atoms with Gasteiger partial charge < -0.3 is 15.3 Å². The first kappa shape index (κ1) is 12.0. The summed E-state index contributed by atoms with van der Waals surface area (Å²) in [5.41, 5.74) is 0. The van der Waals surface area contributed by atoms with Gasteiger partial charge in [0.1, 0.15) is 0 Å². The molecule has 4 heteroatoms. The van der Waals surface area contributed by atoms with Crippen molar-refractivity contribution < 1.29 is 9.90 Å². The molecule has 0 aliphatic carbocycles. The Hall–Kier alpha value is -1.05. The van der Waals surface area contributed by atoms with E-state index in [4.69, 9.17) is 6.42 Å². The summed E-state index contributed by atoms with van der Waals surface area (Å²) in [5, 5.41) is 12.3. The molecule has 0 saturated carbocycles. The molecule has 2 atom stereocenters. The van der Waals surface area contributed by atoms with Gasteiger partial charge in [-0.25, -0.2) is 0 Å². The topological polar surface area (TPSA) is 52.6 Å². The summed E-state index contributed by atoms with van der Waals surface area (Å²) in [6.45, 7) is 3.53. The second-order valence-corrected chi connectivity index (χ2v) is 3.81. The van der Waals surface area contributed by atoms with Crippen LogP contribution in [0.15, 0.2) is 0 Å². The number of rotatable bonds is 4. The Morgan fingerprint density at radius 2 is 2.47 bits per heavy atom. The van der Waals surface area contributed by atoms with Crippen LogP contribution >= 0.6 is 0 Å². The monoisotopic (exact) mass is 210 g/mol. The van der Waals surface area contributed by atoms with Crippen LogP contribution in [-0.4, -0.2) is 47.7 Å². The molecule has 0 aromatic heterocycles. The fraction of sp³-hybridized carbons (Fsp3) is 0.727. The zero-order valence-corrected chi connectivity index (χ0v) is 9.07. The summed E-state index contributed by atoms with van der Waals surface area (Å²) < 4.78 is 0. The quantitative estimate of drug-likeness (QED) is 0.620. The molecule has 1 saturated heterocycles. The number of terminal acetylenes is 1. The van der Waals surface area contributed by atoms with Crippen LogP contribution < -0.4 is 5.32 Å². The Bertz CT molecular complexity index is 260. The molecule has 2 N–H and O–H groups in total. The minimum absolute atomic E-state index is 0.00588. The van der Waals surface area contributed by atoms with Gasteiger partial charge in [-0.15, -0.1) is 6.42 Å². The largest absolute Gasteiger partial charge is 0.392 e. The molecule has 15 heavy (non-hydrogen) atoms. The minimum Gasteiger partial charge on any atom is -0.392 e. The van der Waals surface area contributed by atoms with Crippen LogP contribution in [0.5, 0.6) is 0 Å². The number of carbonyl (C=O) groups is 1. The maximum absolute atomic E-state index is 11.9. The van der Waals surface area contributed by atoms with Crippen molar-refractivity contribution in [3.8, 4) is 12.3 Å². The number of aliphatic hydroxyl groups is 1. The summed E-state index contributed by atoms with van der Waals surface area (Å²) in [7, 11) is 0. The normalized spacial score (nSPS) is 24.9. The molecular weight excluding hydrogens is 192 g/mol. The number of nitrogens with zero attached hydrogens (tertiary/aromatic N) is 1. The predicted octanol–water partition coefficient (Wildman–Crippen LogP) is -0.419. The molecule has 0 radical (unpaired) electrons. The predicted molar refractivity (Wildman–Crippen MR) is 58.1 cm³/mol. The molecule has 1 amide bonds. The third-order valence-corrected chi connectivity index (χ3v) is 2.49. The van der Waals surface area contributed by atoms with Gasteiger partial charge in [-0.2, -0.15) is 0 Å². The molecule has 1 fully saturated rings. The zero-order valence-electron chi connectivity index (χ0n) is 9.07. The van der Waals surface area contributed by atoms with E-state index in [2.05, 4.69) is 11.2 Å². The molecule has 4 nitrogen and oxygen atoms in total. The molecule has 0 bridgehead atoms. The van der Waals surface area contributed by atoms with Crippen molar-refractivity contribution in [3.05, 3.63) is 0 Å². The van der Waals surface area contributed by atoms with Crippen molar-refractivity contribution in [2.45, 2.75) is 31.9 Å². The summed E-state index contributed by atoms with van der Waals surface area (Å²) in [5.74, 6) is 2.49. The summed E-state index contributed by atoms with van der Waals surface area (Å²) in [6, 6.07) is -0.264. The molecule has 0 spiro atoms. The highest BCUT2D eigenvalue weighted by Gasteiger charge is 2.30. The molecule has 1 rings (SSSR count). The molecule has 84 valence electrons. The van der Waals surface area contributed by atoms with E-state index in [1.807, 2.05) is 6.92 Å². The van der Waals surface area contributed by atoms with Crippen LogP contribution in [-0.2, 0) is 4.79 Å². The molecular formula is C11H18N2O2. The first-order chi connectivity index (χ1) is 7.19. The van der Waals surface area contributed by atoms with Gasteiger partial charge in [0.05, 0.1) is 18.7 Å². The van der Waals surface area contributed by atoms with E-state index in [0.29, 0.717) is 26.1 Å². The highest BCUT2D eigenvalue weighted by Crippen LogP contribution is 2.09. The second-order valence-electron chi connectivity index (χ2n) is 3.81. The fourth-order valence-corrected chi connectivity index (χ4v) is 1.77. The van der Waals surface area contributed by atoms with Gasteiger partial charge in [0, 0.05) is 13.1 Å². The van der Waals surface area contributed by atoms with Gasteiger partial charge in [-0.1, -0.05) is 12.8 Å². The van der Waals surface area contributed by atoms with Gasteiger partial charge in [0.2, 0.25) is 5.91 Å². The van der Waals surface area contributed by atoms with E-state index in [1.165, 1.54) is 0 Å². The Labute approximate surface area is 90.6 Å². The average Bonchev–Trinajstić information content (AvgIpc) is 2.63. The summed E-state index contributed by atoms with van der Waals surface area (Å²) >= 11 is 0. The summed E-state index contributed by atoms with van der Waals surface area (Å²) in [4.78, 5) is 13.6. The van der Waals surface area contributed by atoms with Crippen LogP contribution in [0.1, 0.15) is 19.8 Å². The molecule has 1 aliphatic rings. The number of carbonyl (C=O) groups excluding carboxylic acids is 1. The smallest absolute Gasteiger partial charge is 0.240 e. The summed E-state index contributed by atoms with van der Waals surface area (Å²) in [6.07, 6.45) is 6.18. The van der Waals surface area contributed by atoms with Crippen molar-refractivity contribution >= 4 is 5.91 Å². The van der Waals surface area contributed by atoms with Crippen molar-refractivity contribution in [2.75, 3.05) is 19.6 Å². The van der Waals surface area contributed by atoms with Crippen molar-refractivity contribution in [2.24, 2.45) is 0 Å². The first-order valence-corrected chi connectivity index (χ1v) is 5.32. The van der Waals surface area contributed by atoms with Crippen LogP contribution in [0, 0.1) is 12.3 Å². The lowest BCUT2D eigenvalue weighted by Gasteiger charge is -2.22. The first-order valence-electron chi connectivity index (χ1n) is 5.32. The maximum atomic E-state index is 11.9. The standard InChI is InChI=1S/C11H18N2O2/c1-3-5-13(6-4-2)11(15)10-7-9(14)8-12-10/h1,9-10,12,14H,4-8H2,2H3. The van der Waals surface area contributed by atoms with E-state index in [1.54, 1.807) is 4.90 Å². The van der Waals surface area contributed by atoms with E-state index in [0.717, 1.165) is 6.42 Å². The Balaban J connectivity index is 2.52. The van der Waals surface area contributed by atoms with E-state index in [-0.39, 0.29) is 11.9 Å². The van der Waals surface area contributed by atoms with Crippen LogP contribution in [0.2, 0.25) is 0 Å². The van der Waals surface area contributed by atoms with E-state index < -0.39 is 6.10 Å². The number of hydrogen-bond donors (Lipinski definition) is 2. The van der Waals surface area contributed by atoms with Crippen molar-refractivity contribution in [1.82, 2.24) is 10.2 Å². The highest BCUT2D eigenvalue weighted by atomic mass is 16.3. The molecule has 1 heterocycles. The average molecular weight is 210 g/mol. The molecule has 2 unspecified atom stereocenters. The lowest BCUT2D eigenvalue weighted by Crippen LogP contribution is -2.44. The molecule has 0 aromatic carbocycles. The van der Waals surface area contributed by atoms with Crippen molar-refractivity contribution in [1.29, 1.82) is 0 Å². The van der Waals surface area contributed by atoms with Gasteiger partial charge in [-0.3, -0.25) is 4.79 Å². The van der Waals surface area contributed by atoms with Gasteiger partial charge in [-0.05, 0) is 12.8 Å². The fourth-order valence-electron chi connectivity index (χ4n) is 1.77. The maximum Gasteiger partial charge on any atom is 0.240 e. The highest BCUT2D eigenvalue weighted by molar-refractivity contribution is 5.82. The Morgan fingerprint density at radius 3 is 2.93 bits per heavy atom. The van der Waals surface area contributed by atoms with Gasteiger partial charge in [0.25, 0.3) is 0 Å². The van der Waals surface area contributed by atoms with E-state index in [9.17, 15) is 9.90 Å². The van der Waals surface area contributed by atoms with Gasteiger partial charge >= 0.3 is 0 Å². The third-order valence-electron chi connectivity index (χ3n) is 2.49. The lowest BCUT2D eigenvalue weighted by molar-refractivity contribution is -0.132. The van der Waals surface area contributed by atoms with Crippen LogP contribution in [0.4, 0.5) is 0 Å². The number of nitrogens with one attached hydrogen (secondary N) is 1.